The van der Waals surface area contributed by atoms with Gasteiger partial charge in [-0.1, -0.05) is 36.4 Å². The minimum atomic E-state index is -0.892. The summed E-state index contributed by atoms with van der Waals surface area (Å²) in [7, 11) is 1.49. The SMILES string of the molecule is CCN(CC)c1ccc(C2/C(=C(\O)c3ccccc3OC)C(=O)C(=O)N2c2nc3ccccc3[nH]2)cc1. The molecule has 188 valence electrons. The van der Waals surface area contributed by atoms with Crippen LogP contribution >= 0.6 is 0 Å². The number of H-pyrrole nitrogens is 1. The van der Waals surface area contributed by atoms with Crippen molar-refractivity contribution in [2.75, 3.05) is 30.0 Å². The number of carbonyl (C=O) groups is 2. The standard InChI is InChI=1S/C29H28N4O4/c1-4-32(5-2)19-16-14-18(15-17-19)25-24(26(34)20-10-6-9-13-23(20)37-3)27(35)28(36)33(25)29-30-21-11-7-8-12-22(21)31-29/h6-17,25,34H,4-5H2,1-3H3,(H,30,31)/b26-24+. The Balaban J connectivity index is 1.71. The molecular formula is C29H28N4O4. The summed E-state index contributed by atoms with van der Waals surface area (Å²) in [5.41, 5.74) is 3.41. The third-order valence-electron chi connectivity index (χ3n) is 6.75. The van der Waals surface area contributed by atoms with Crippen LogP contribution in [0.5, 0.6) is 5.75 Å². The summed E-state index contributed by atoms with van der Waals surface area (Å²) in [6.07, 6.45) is 0. The van der Waals surface area contributed by atoms with Crippen molar-refractivity contribution in [3.8, 4) is 5.75 Å². The fourth-order valence-corrected chi connectivity index (χ4v) is 4.86. The molecule has 0 bridgehead atoms. The molecule has 5 rings (SSSR count). The lowest BCUT2D eigenvalue weighted by atomic mass is 9.95. The number of anilines is 2. The molecule has 3 aromatic carbocycles. The molecule has 1 aromatic heterocycles. The second kappa shape index (κ2) is 9.81. The number of aromatic amines is 1. The maximum Gasteiger partial charge on any atom is 0.302 e. The lowest BCUT2D eigenvalue weighted by molar-refractivity contribution is -0.132. The average molecular weight is 497 g/mol. The van der Waals surface area contributed by atoms with E-state index in [-0.39, 0.29) is 17.3 Å². The topological polar surface area (TPSA) is 98.8 Å². The number of aliphatic hydroxyl groups is 1. The zero-order valence-corrected chi connectivity index (χ0v) is 20.9. The van der Waals surface area contributed by atoms with Crippen molar-refractivity contribution in [3.05, 3.63) is 89.5 Å². The number of aromatic nitrogens is 2. The second-order valence-corrected chi connectivity index (χ2v) is 8.71. The first-order valence-electron chi connectivity index (χ1n) is 12.2. The van der Waals surface area contributed by atoms with Gasteiger partial charge in [-0.25, -0.2) is 4.98 Å². The van der Waals surface area contributed by atoms with Gasteiger partial charge in [-0.05, 0) is 55.8 Å². The van der Waals surface area contributed by atoms with Gasteiger partial charge in [-0.2, -0.15) is 0 Å². The number of para-hydroxylation sites is 3. The number of ketones is 1. The number of amides is 1. The van der Waals surface area contributed by atoms with Crippen molar-refractivity contribution in [2.24, 2.45) is 0 Å². The van der Waals surface area contributed by atoms with Gasteiger partial charge in [0.05, 0.1) is 35.3 Å². The number of fused-ring (bicyclic) bond motifs is 1. The molecule has 2 heterocycles. The Hall–Kier alpha value is -4.59. The molecule has 8 heteroatoms. The van der Waals surface area contributed by atoms with Gasteiger partial charge in [-0.3, -0.25) is 14.5 Å². The molecular weight excluding hydrogens is 468 g/mol. The lowest BCUT2D eigenvalue weighted by Crippen LogP contribution is -2.30. The highest BCUT2D eigenvalue weighted by Gasteiger charge is 2.48. The molecule has 0 saturated carbocycles. The normalized spacial score (nSPS) is 16.9. The van der Waals surface area contributed by atoms with Gasteiger partial charge in [-0.15, -0.1) is 0 Å². The molecule has 1 atom stereocenters. The van der Waals surface area contributed by atoms with Gasteiger partial charge in [0.1, 0.15) is 11.5 Å². The summed E-state index contributed by atoms with van der Waals surface area (Å²) in [6, 6.07) is 21.1. The van der Waals surface area contributed by atoms with Crippen LogP contribution in [0.1, 0.15) is 31.0 Å². The van der Waals surface area contributed by atoms with Crippen LogP contribution in [0.3, 0.4) is 0 Å². The molecule has 1 saturated heterocycles. The number of hydrogen-bond acceptors (Lipinski definition) is 6. The van der Waals surface area contributed by atoms with Crippen molar-refractivity contribution in [2.45, 2.75) is 19.9 Å². The Morgan fingerprint density at radius 1 is 1.00 bits per heavy atom. The highest BCUT2D eigenvalue weighted by molar-refractivity contribution is 6.51. The minimum Gasteiger partial charge on any atom is -0.507 e. The fraction of sp³-hybridized carbons (Fsp3) is 0.207. The summed E-state index contributed by atoms with van der Waals surface area (Å²) in [6.45, 7) is 5.87. The van der Waals surface area contributed by atoms with Crippen molar-refractivity contribution >= 4 is 40.1 Å². The Morgan fingerprint density at radius 2 is 1.68 bits per heavy atom. The first kappa shape index (κ1) is 24.1. The molecule has 4 aromatic rings. The average Bonchev–Trinajstić information content (AvgIpc) is 3.47. The van der Waals surface area contributed by atoms with Crippen molar-refractivity contribution < 1.29 is 19.4 Å². The zero-order chi connectivity index (χ0) is 26.1. The van der Waals surface area contributed by atoms with Crippen LogP contribution in [0.2, 0.25) is 0 Å². The Morgan fingerprint density at radius 3 is 2.35 bits per heavy atom. The number of rotatable bonds is 7. The highest BCUT2D eigenvalue weighted by atomic mass is 16.5. The van der Waals surface area contributed by atoms with Crippen LogP contribution in [-0.4, -0.2) is 47.0 Å². The van der Waals surface area contributed by atoms with Crippen LogP contribution in [0.4, 0.5) is 11.6 Å². The van der Waals surface area contributed by atoms with E-state index in [4.69, 9.17) is 4.74 Å². The van der Waals surface area contributed by atoms with Crippen molar-refractivity contribution in [1.29, 1.82) is 0 Å². The molecule has 0 aliphatic carbocycles. The molecule has 1 aliphatic heterocycles. The van der Waals surface area contributed by atoms with E-state index in [0.717, 1.165) is 24.3 Å². The van der Waals surface area contributed by atoms with Gasteiger partial charge in [0, 0.05) is 18.8 Å². The van der Waals surface area contributed by atoms with E-state index in [1.54, 1.807) is 24.3 Å². The van der Waals surface area contributed by atoms with E-state index in [1.807, 2.05) is 48.5 Å². The Bertz CT molecular complexity index is 1470. The van der Waals surface area contributed by atoms with Gasteiger partial charge in [0.15, 0.2) is 0 Å². The number of carbonyl (C=O) groups excluding carboxylic acids is 2. The fourth-order valence-electron chi connectivity index (χ4n) is 4.86. The summed E-state index contributed by atoms with van der Waals surface area (Å²) in [5.74, 6) is -1.23. The quantitative estimate of drug-likeness (QED) is 0.211. The maximum atomic E-state index is 13.5. The predicted octanol–water partition coefficient (Wildman–Crippen LogP) is 5.04. The molecule has 0 radical (unpaired) electrons. The summed E-state index contributed by atoms with van der Waals surface area (Å²) in [4.78, 5) is 38.2. The third kappa shape index (κ3) is 4.10. The number of benzene rings is 3. The first-order chi connectivity index (χ1) is 18.0. The molecule has 1 unspecified atom stereocenters. The van der Waals surface area contributed by atoms with E-state index < -0.39 is 17.7 Å². The number of Topliss-reactive ketones (excluding diaryl/α,β-unsaturated/α-hetero) is 1. The molecule has 1 amide bonds. The molecule has 0 spiro atoms. The van der Waals surface area contributed by atoms with E-state index in [1.165, 1.54) is 12.0 Å². The Kier molecular flexibility index (Phi) is 6.40. The van der Waals surface area contributed by atoms with Crippen LogP contribution in [-0.2, 0) is 9.59 Å². The zero-order valence-electron chi connectivity index (χ0n) is 20.9. The minimum absolute atomic E-state index is 0.0226. The largest absolute Gasteiger partial charge is 0.507 e. The summed E-state index contributed by atoms with van der Waals surface area (Å²) < 4.78 is 5.42. The van der Waals surface area contributed by atoms with Crippen LogP contribution in [0.25, 0.3) is 16.8 Å². The number of aliphatic hydroxyl groups excluding tert-OH is 1. The monoisotopic (exact) mass is 496 g/mol. The molecule has 1 fully saturated rings. The number of nitrogens with one attached hydrogen (secondary N) is 1. The predicted molar refractivity (Wildman–Crippen MR) is 144 cm³/mol. The molecule has 1 aliphatic rings. The van der Waals surface area contributed by atoms with E-state index in [9.17, 15) is 14.7 Å². The molecule has 2 N–H and O–H groups in total. The van der Waals surface area contributed by atoms with Crippen molar-refractivity contribution in [3.63, 3.8) is 0 Å². The van der Waals surface area contributed by atoms with E-state index in [2.05, 4.69) is 28.7 Å². The Labute approximate surface area is 214 Å². The summed E-state index contributed by atoms with van der Waals surface area (Å²) in [5, 5.41) is 11.4. The van der Waals surface area contributed by atoms with Crippen molar-refractivity contribution in [1.82, 2.24) is 9.97 Å². The maximum absolute atomic E-state index is 13.5. The van der Waals surface area contributed by atoms with Crippen LogP contribution in [0.15, 0.2) is 78.4 Å². The molecule has 8 nitrogen and oxygen atoms in total. The third-order valence-corrected chi connectivity index (χ3v) is 6.75. The van der Waals surface area contributed by atoms with E-state index >= 15 is 0 Å². The van der Waals surface area contributed by atoms with E-state index in [0.29, 0.717) is 22.4 Å². The smallest absolute Gasteiger partial charge is 0.302 e. The number of methoxy groups -OCH3 is 1. The van der Waals surface area contributed by atoms with Gasteiger partial charge in [0.2, 0.25) is 5.95 Å². The summed E-state index contributed by atoms with van der Waals surface area (Å²) >= 11 is 0. The number of hydrogen-bond donors (Lipinski definition) is 2. The number of ether oxygens (including phenoxy) is 1. The first-order valence-corrected chi connectivity index (χ1v) is 12.2. The van der Waals surface area contributed by atoms with Crippen LogP contribution in [0, 0.1) is 0 Å². The van der Waals surface area contributed by atoms with Gasteiger partial charge in [0.25, 0.3) is 5.78 Å². The van der Waals surface area contributed by atoms with Gasteiger partial charge >= 0.3 is 5.91 Å². The highest BCUT2D eigenvalue weighted by Crippen LogP contribution is 2.43. The number of nitrogens with zero attached hydrogens (tertiary/aromatic N) is 3. The second-order valence-electron chi connectivity index (χ2n) is 8.71. The lowest BCUT2D eigenvalue weighted by Gasteiger charge is -2.25. The molecule has 37 heavy (non-hydrogen) atoms. The number of imidazole rings is 1. The van der Waals surface area contributed by atoms with Gasteiger partial charge < -0.3 is 19.7 Å². The van der Waals surface area contributed by atoms with Crippen LogP contribution < -0.4 is 14.5 Å².